The fraction of sp³-hybridized carbons (Fsp3) is 0.200. The molecule has 0 saturated carbocycles. The van der Waals surface area contributed by atoms with Gasteiger partial charge in [0.1, 0.15) is 5.69 Å². The summed E-state index contributed by atoms with van der Waals surface area (Å²) in [6, 6.07) is 7.53. The van der Waals surface area contributed by atoms with Gasteiger partial charge in [0.15, 0.2) is 0 Å². The predicted octanol–water partition coefficient (Wildman–Crippen LogP) is 1.59. The highest BCUT2D eigenvalue weighted by molar-refractivity contribution is 6.33. The smallest absolute Gasteiger partial charge is 0.119 e. The third kappa shape index (κ3) is 1.73. The predicted molar refractivity (Wildman–Crippen MR) is 59.3 cm³/mol. The number of aromatic nitrogens is 3. The van der Waals surface area contributed by atoms with Crippen molar-refractivity contribution in [2.24, 2.45) is 12.8 Å². The lowest BCUT2D eigenvalue weighted by Gasteiger charge is -2.02. The van der Waals surface area contributed by atoms with E-state index >= 15 is 0 Å². The minimum Gasteiger partial charge on any atom is -0.325 e. The molecular weight excluding hydrogens is 212 g/mol. The zero-order valence-corrected chi connectivity index (χ0v) is 9.07. The van der Waals surface area contributed by atoms with Crippen LogP contribution in [0.4, 0.5) is 0 Å². The molecule has 0 amide bonds. The van der Waals surface area contributed by atoms with E-state index in [2.05, 4.69) is 10.3 Å². The van der Waals surface area contributed by atoms with E-state index in [-0.39, 0.29) is 0 Å². The van der Waals surface area contributed by atoms with Crippen LogP contribution in [0.15, 0.2) is 24.3 Å². The molecule has 0 aliphatic carbocycles. The Morgan fingerprint density at radius 1 is 1.40 bits per heavy atom. The van der Waals surface area contributed by atoms with Crippen LogP contribution in [0, 0.1) is 0 Å². The summed E-state index contributed by atoms with van der Waals surface area (Å²) >= 11 is 6.08. The molecule has 15 heavy (non-hydrogen) atoms. The van der Waals surface area contributed by atoms with Gasteiger partial charge in [-0.25, -0.2) is 0 Å². The van der Waals surface area contributed by atoms with Crippen LogP contribution in [0.1, 0.15) is 5.69 Å². The lowest BCUT2D eigenvalue weighted by molar-refractivity contribution is 0.678. The van der Waals surface area contributed by atoms with Crippen molar-refractivity contribution in [3.05, 3.63) is 35.0 Å². The monoisotopic (exact) mass is 222 g/mol. The van der Waals surface area contributed by atoms with Gasteiger partial charge in [-0.3, -0.25) is 4.68 Å². The first kappa shape index (κ1) is 10.1. The molecule has 2 N–H and O–H groups in total. The Kier molecular flexibility index (Phi) is 2.70. The van der Waals surface area contributed by atoms with Gasteiger partial charge in [0.05, 0.1) is 10.7 Å². The number of rotatable bonds is 2. The van der Waals surface area contributed by atoms with E-state index in [4.69, 9.17) is 17.3 Å². The summed E-state index contributed by atoms with van der Waals surface area (Å²) in [4.78, 5) is 0. The van der Waals surface area contributed by atoms with Crippen LogP contribution in [0.25, 0.3) is 11.3 Å². The number of nitrogens with two attached hydrogens (primary N) is 1. The van der Waals surface area contributed by atoms with E-state index in [0.29, 0.717) is 11.6 Å². The van der Waals surface area contributed by atoms with Crippen molar-refractivity contribution in [1.82, 2.24) is 15.0 Å². The first-order valence-electron chi connectivity index (χ1n) is 4.57. The van der Waals surface area contributed by atoms with Crippen LogP contribution in [-0.4, -0.2) is 15.0 Å². The number of halogens is 1. The Bertz CT molecular complexity index is 478. The standard InChI is InChI=1S/C10H11ClN4/c1-15-9(6-12)10(13-14-15)7-4-2-3-5-8(7)11/h2-5H,6,12H2,1H3. The molecule has 0 radical (unpaired) electrons. The molecule has 0 aliphatic heterocycles. The van der Waals surface area contributed by atoms with E-state index in [9.17, 15) is 0 Å². The molecule has 0 spiro atoms. The molecule has 0 bridgehead atoms. The van der Waals surface area contributed by atoms with Gasteiger partial charge in [-0.15, -0.1) is 5.10 Å². The van der Waals surface area contributed by atoms with Gasteiger partial charge in [0.25, 0.3) is 0 Å². The van der Waals surface area contributed by atoms with Crippen molar-refractivity contribution < 1.29 is 0 Å². The molecule has 4 nitrogen and oxygen atoms in total. The quantitative estimate of drug-likeness (QED) is 0.840. The minimum atomic E-state index is 0.393. The normalized spacial score (nSPS) is 10.6. The highest BCUT2D eigenvalue weighted by Crippen LogP contribution is 2.27. The van der Waals surface area contributed by atoms with Crippen molar-refractivity contribution in [2.45, 2.75) is 6.54 Å². The van der Waals surface area contributed by atoms with E-state index in [1.807, 2.05) is 31.3 Å². The number of hydrogen-bond acceptors (Lipinski definition) is 3. The van der Waals surface area contributed by atoms with Gasteiger partial charge >= 0.3 is 0 Å². The van der Waals surface area contributed by atoms with Gasteiger partial charge in [-0.05, 0) is 6.07 Å². The van der Waals surface area contributed by atoms with Gasteiger partial charge in [-0.1, -0.05) is 35.0 Å². The average Bonchev–Trinajstić information content (AvgIpc) is 2.60. The van der Waals surface area contributed by atoms with Crippen LogP contribution in [0.3, 0.4) is 0 Å². The maximum absolute atomic E-state index is 6.08. The molecule has 0 fully saturated rings. The molecule has 0 saturated heterocycles. The number of nitrogens with zero attached hydrogens (tertiary/aromatic N) is 3. The van der Waals surface area contributed by atoms with Crippen molar-refractivity contribution in [1.29, 1.82) is 0 Å². The molecule has 2 aromatic rings. The van der Waals surface area contributed by atoms with E-state index < -0.39 is 0 Å². The van der Waals surface area contributed by atoms with Gasteiger partial charge in [0, 0.05) is 19.2 Å². The zero-order valence-electron chi connectivity index (χ0n) is 8.31. The van der Waals surface area contributed by atoms with E-state index in [0.717, 1.165) is 17.0 Å². The highest BCUT2D eigenvalue weighted by Gasteiger charge is 2.13. The first-order chi connectivity index (χ1) is 7.24. The Morgan fingerprint density at radius 2 is 2.13 bits per heavy atom. The number of aryl methyl sites for hydroxylation is 1. The van der Waals surface area contributed by atoms with Crippen LogP contribution in [0.5, 0.6) is 0 Å². The molecule has 5 heteroatoms. The van der Waals surface area contributed by atoms with Gasteiger partial charge < -0.3 is 5.73 Å². The maximum Gasteiger partial charge on any atom is 0.119 e. The SMILES string of the molecule is Cn1nnc(-c2ccccc2Cl)c1CN. The minimum absolute atomic E-state index is 0.393. The summed E-state index contributed by atoms with van der Waals surface area (Å²) in [5.74, 6) is 0. The lowest BCUT2D eigenvalue weighted by atomic mass is 10.1. The molecule has 0 unspecified atom stereocenters. The van der Waals surface area contributed by atoms with E-state index in [1.54, 1.807) is 4.68 Å². The third-order valence-electron chi connectivity index (χ3n) is 2.27. The largest absolute Gasteiger partial charge is 0.325 e. The number of hydrogen-bond donors (Lipinski definition) is 1. The fourth-order valence-corrected chi connectivity index (χ4v) is 1.69. The van der Waals surface area contributed by atoms with Crippen molar-refractivity contribution >= 4 is 11.6 Å². The van der Waals surface area contributed by atoms with E-state index in [1.165, 1.54) is 0 Å². The highest BCUT2D eigenvalue weighted by atomic mass is 35.5. The summed E-state index contributed by atoms with van der Waals surface area (Å²) in [5.41, 5.74) is 8.14. The van der Waals surface area contributed by atoms with Crippen LogP contribution < -0.4 is 5.73 Å². The lowest BCUT2D eigenvalue weighted by Crippen LogP contribution is -2.05. The zero-order chi connectivity index (χ0) is 10.8. The summed E-state index contributed by atoms with van der Waals surface area (Å²) in [6.07, 6.45) is 0. The van der Waals surface area contributed by atoms with Crippen molar-refractivity contribution in [3.63, 3.8) is 0 Å². The Morgan fingerprint density at radius 3 is 2.80 bits per heavy atom. The third-order valence-corrected chi connectivity index (χ3v) is 2.59. The summed E-state index contributed by atoms with van der Waals surface area (Å²) in [5, 5.41) is 8.66. The second kappa shape index (κ2) is 4.00. The summed E-state index contributed by atoms with van der Waals surface area (Å²) in [7, 11) is 1.82. The first-order valence-corrected chi connectivity index (χ1v) is 4.95. The Balaban J connectivity index is 2.59. The number of benzene rings is 1. The Labute approximate surface area is 92.7 Å². The fourth-order valence-electron chi connectivity index (χ4n) is 1.47. The second-order valence-electron chi connectivity index (χ2n) is 3.19. The Hall–Kier alpha value is -1.39. The second-order valence-corrected chi connectivity index (χ2v) is 3.60. The molecule has 2 rings (SSSR count). The molecule has 78 valence electrons. The van der Waals surface area contributed by atoms with Crippen LogP contribution >= 0.6 is 11.6 Å². The van der Waals surface area contributed by atoms with Crippen molar-refractivity contribution in [3.8, 4) is 11.3 Å². The topological polar surface area (TPSA) is 56.7 Å². The molecule has 1 aromatic heterocycles. The average molecular weight is 223 g/mol. The van der Waals surface area contributed by atoms with Crippen molar-refractivity contribution in [2.75, 3.05) is 0 Å². The van der Waals surface area contributed by atoms with Crippen LogP contribution in [0.2, 0.25) is 5.02 Å². The summed E-state index contributed by atoms with van der Waals surface area (Å²) in [6.45, 7) is 0.393. The molecule has 0 aliphatic rings. The van der Waals surface area contributed by atoms with Gasteiger partial charge in [0.2, 0.25) is 0 Å². The van der Waals surface area contributed by atoms with Gasteiger partial charge in [-0.2, -0.15) is 0 Å². The molecule has 1 aromatic carbocycles. The molecular formula is C10H11ClN4. The van der Waals surface area contributed by atoms with Crippen LogP contribution in [-0.2, 0) is 13.6 Å². The summed E-state index contributed by atoms with van der Waals surface area (Å²) < 4.78 is 1.67. The molecule has 0 atom stereocenters. The maximum atomic E-state index is 6.08. The molecule has 1 heterocycles.